The number of hydrogen-bond acceptors (Lipinski definition) is 3. The zero-order valence-corrected chi connectivity index (χ0v) is 11.3. The standard InChI is InChI=1S/C15H22N2O2/c1-11(16)15(18)17-10-13-8-5-9-19-14(13)12-6-3-2-4-7-12/h2-4,6-7,11,13-14H,5,8-10,16H2,1H3,(H,17,18)/t11-,13?,14?/m1/s1. The Labute approximate surface area is 114 Å². The lowest BCUT2D eigenvalue weighted by molar-refractivity contribution is -0.122. The summed E-state index contributed by atoms with van der Waals surface area (Å²) >= 11 is 0. The van der Waals surface area contributed by atoms with E-state index < -0.39 is 6.04 Å². The predicted octanol–water partition coefficient (Wildman–Crippen LogP) is 1.62. The lowest BCUT2D eigenvalue weighted by Crippen LogP contribution is -2.42. The van der Waals surface area contributed by atoms with Crippen molar-refractivity contribution in [2.75, 3.05) is 13.2 Å². The summed E-state index contributed by atoms with van der Waals surface area (Å²) in [6.45, 7) is 3.11. The van der Waals surface area contributed by atoms with Gasteiger partial charge in [0.2, 0.25) is 5.91 Å². The first kappa shape index (κ1) is 14.0. The molecule has 104 valence electrons. The van der Waals surface area contributed by atoms with E-state index >= 15 is 0 Å². The fraction of sp³-hybridized carbons (Fsp3) is 0.533. The van der Waals surface area contributed by atoms with Crippen LogP contribution in [-0.2, 0) is 9.53 Å². The smallest absolute Gasteiger partial charge is 0.236 e. The average molecular weight is 262 g/mol. The molecule has 1 amide bonds. The van der Waals surface area contributed by atoms with Gasteiger partial charge in [-0.25, -0.2) is 0 Å². The molecule has 1 aliphatic rings. The molecule has 2 rings (SSSR count). The van der Waals surface area contributed by atoms with Gasteiger partial charge in [-0.1, -0.05) is 30.3 Å². The number of nitrogens with two attached hydrogens (primary N) is 1. The SMILES string of the molecule is C[C@@H](N)C(=O)NCC1CCCOC1c1ccccc1. The number of rotatable bonds is 4. The van der Waals surface area contributed by atoms with Crippen molar-refractivity contribution in [1.82, 2.24) is 5.32 Å². The van der Waals surface area contributed by atoms with Crippen molar-refractivity contribution in [1.29, 1.82) is 0 Å². The van der Waals surface area contributed by atoms with Crippen LogP contribution in [0.3, 0.4) is 0 Å². The van der Waals surface area contributed by atoms with E-state index in [1.165, 1.54) is 5.56 Å². The number of amides is 1. The summed E-state index contributed by atoms with van der Waals surface area (Å²) in [5, 5.41) is 2.91. The van der Waals surface area contributed by atoms with Crippen LogP contribution in [0.4, 0.5) is 0 Å². The van der Waals surface area contributed by atoms with Crippen molar-refractivity contribution in [3.8, 4) is 0 Å². The molecule has 1 heterocycles. The van der Waals surface area contributed by atoms with Gasteiger partial charge in [0.15, 0.2) is 0 Å². The molecule has 0 radical (unpaired) electrons. The van der Waals surface area contributed by atoms with Crippen LogP contribution >= 0.6 is 0 Å². The summed E-state index contributed by atoms with van der Waals surface area (Å²) in [7, 11) is 0. The largest absolute Gasteiger partial charge is 0.373 e. The van der Waals surface area contributed by atoms with Crippen LogP contribution in [0.15, 0.2) is 30.3 Å². The molecular weight excluding hydrogens is 240 g/mol. The van der Waals surface area contributed by atoms with Gasteiger partial charge in [0, 0.05) is 19.1 Å². The minimum absolute atomic E-state index is 0.0725. The predicted molar refractivity (Wildman–Crippen MR) is 74.5 cm³/mol. The van der Waals surface area contributed by atoms with E-state index in [-0.39, 0.29) is 12.0 Å². The highest BCUT2D eigenvalue weighted by Crippen LogP contribution is 2.32. The van der Waals surface area contributed by atoms with Gasteiger partial charge in [-0.05, 0) is 25.3 Å². The van der Waals surface area contributed by atoms with E-state index in [9.17, 15) is 4.79 Å². The Morgan fingerprint density at radius 2 is 2.21 bits per heavy atom. The number of carbonyl (C=O) groups is 1. The first-order valence-electron chi connectivity index (χ1n) is 6.88. The Bertz CT molecular complexity index is 406. The van der Waals surface area contributed by atoms with Crippen molar-refractivity contribution in [3.63, 3.8) is 0 Å². The molecule has 3 N–H and O–H groups in total. The fourth-order valence-electron chi connectivity index (χ4n) is 2.46. The van der Waals surface area contributed by atoms with E-state index in [2.05, 4.69) is 17.4 Å². The van der Waals surface area contributed by atoms with E-state index in [0.717, 1.165) is 19.4 Å². The summed E-state index contributed by atoms with van der Waals surface area (Å²) in [6.07, 6.45) is 2.18. The monoisotopic (exact) mass is 262 g/mol. The summed E-state index contributed by atoms with van der Waals surface area (Å²) in [5.41, 5.74) is 6.74. The Balaban J connectivity index is 1.98. The molecule has 1 saturated heterocycles. The molecule has 0 aliphatic carbocycles. The van der Waals surface area contributed by atoms with Crippen molar-refractivity contribution >= 4 is 5.91 Å². The molecule has 2 unspecified atom stereocenters. The third-order valence-corrected chi connectivity index (χ3v) is 3.52. The second-order valence-corrected chi connectivity index (χ2v) is 5.14. The molecule has 1 aromatic carbocycles. The van der Waals surface area contributed by atoms with Crippen LogP contribution in [0.1, 0.15) is 31.4 Å². The lowest BCUT2D eigenvalue weighted by Gasteiger charge is -2.32. The van der Waals surface area contributed by atoms with Gasteiger partial charge in [0.05, 0.1) is 12.1 Å². The molecule has 4 nitrogen and oxygen atoms in total. The molecular formula is C15H22N2O2. The van der Waals surface area contributed by atoms with Gasteiger partial charge >= 0.3 is 0 Å². The molecule has 0 spiro atoms. The maximum atomic E-state index is 11.6. The molecule has 0 aromatic heterocycles. The van der Waals surface area contributed by atoms with Gasteiger partial charge in [0.25, 0.3) is 0 Å². The van der Waals surface area contributed by atoms with Gasteiger partial charge in [-0.2, -0.15) is 0 Å². The summed E-state index contributed by atoms with van der Waals surface area (Å²) < 4.78 is 5.89. The van der Waals surface area contributed by atoms with Gasteiger partial charge in [-0.3, -0.25) is 4.79 Å². The van der Waals surface area contributed by atoms with Gasteiger partial charge < -0.3 is 15.8 Å². The highest BCUT2D eigenvalue weighted by Gasteiger charge is 2.27. The van der Waals surface area contributed by atoms with Crippen LogP contribution in [0.5, 0.6) is 0 Å². The highest BCUT2D eigenvalue weighted by atomic mass is 16.5. The Morgan fingerprint density at radius 3 is 2.89 bits per heavy atom. The van der Waals surface area contributed by atoms with E-state index in [0.29, 0.717) is 12.5 Å². The number of ether oxygens (including phenoxy) is 1. The maximum Gasteiger partial charge on any atom is 0.236 e. The van der Waals surface area contributed by atoms with Crippen LogP contribution < -0.4 is 11.1 Å². The van der Waals surface area contributed by atoms with Crippen LogP contribution in [0.25, 0.3) is 0 Å². The zero-order chi connectivity index (χ0) is 13.7. The van der Waals surface area contributed by atoms with E-state index in [1.807, 2.05) is 18.2 Å². The van der Waals surface area contributed by atoms with Crippen LogP contribution in [0, 0.1) is 5.92 Å². The average Bonchev–Trinajstić information content (AvgIpc) is 2.46. The molecule has 1 fully saturated rings. The molecule has 1 aromatic rings. The molecule has 3 atom stereocenters. The normalized spacial score (nSPS) is 24.7. The number of benzene rings is 1. The van der Waals surface area contributed by atoms with Gasteiger partial charge in [-0.15, -0.1) is 0 Å². The maximum absolute atomic E-state index is 11.6. The second-order valence-electron chi connectivity index (χ2n) is 5.14. The fourth-order valence-corrected chi connectivity index (χ4v) is 2.46. The third-order valence-electron chi connectivity index (χ3n) is 3.52. The van der Waals surface area contributed by atoms with E-state index in [4.69, 9.17) is 10.5 Å². The summed E-state index contributed by atoms with van der Waals surface area (Å²) in [4.78, 5) is 11.6. The Hall–Kier alpha value is -1.39. The van der Waals surface area contributed by atoms with Crippen molar-refractivity contribution < 1.29 is 9.53 Å². The minimum atomic E-state index is -0.459. The first-order chi connectivity index (χ1) is 9.18. The van der Waals surface area contributed by atoms with E-state index in [1.54, 1.807) is 6.92 Å². The number of nitrogens with one attached hydrogen (secondary N) is 1. The second kappa shape index (κ2) is 6.68. The number of hydrogen-bond donors (Lipinski definition) is 2. The Kier molecular flexibility index (Phi) is 4.93. The Morgan fingerprint density at radius 1 is 1.47 bits per heavy atom. The lowest BCUT2D eigenvalue weighted by atomic mass is 9.89. The van der Waals surface area contributed by atoms with Crippen molar-refractivity contribution in [3.05, 3.63) is 35.9 Å². The van der Waals surface area contributed by atoms with Crippen LogP contribution in [0.2, 0.25) is 0 Å². The zero-order valence-electron chi connectivity index (χ0n) is 11.3. The topological polar surface area (TPSA) is 64.4 Å². The summed E-state index contributed by atoms with van der Waals surface area (Å²) in [6, 6.07) is 9.74. The molecule has 1 aliphatic heterocycles. The van der Waals surface area contributed by atoms with Crippen molar-refractivity contribution in [2.45, 2.75) is 31.9 Å². The molecule has 4 heteroatoms. The van der Waals surface area contributed by atoms with Crippen LogP contribution in [-0.4, -0.2) is 25.1 Å². The minimum Gasteiger partial charge on any atom is -0.373 e. The quantitative estimate of drug-likeness (QED) is 0.866. The highest BCUT2D eigenvalue weighted by molar-refractivity contribution is 5.80. The third kappa shape index (κ3) is 3.78. The number of carbonyl (C=O) groups excluding carboxylic acids is 1. The van der Waals surface area contributed by atoms with Gasteiger partial charge in [0.1, 0.15) is 0 Å². The molecule has 19 heavy (non-hydrogen) atoms. The van der Waals surface area contributed by atoms with Crippen molar-refractivity contribution in [2.24, 2.45) is 11.7 Å². The summed E-state index contributed by atoms with van der Waals surface area (Å²) in [5.74, 6) is 0.219. The first-order valence-corrected chi connectivity index (χ1v) is 6.88. The molecule has 0 bridgehead atoms. The molecule has 0 saturated carbocycles.